The highest BCUT2D eigenvalue weighted by Gasteiger charge is 2.31. The van der Waals surface area contributed by atoms with Crippen molar-refractivity contribution in [1.29, 1.82) is 0 Å². The number of aliphatic hydroxyl groups is 1. The molecule has 2 aromatic heterocycles. The highest BCUT2D eigenvalue weighted by Crippen LogP contribution is 2.32. The second-order valence-electron chi connectivity index (χ2n) is 5.94. The second kappa shape index (κ2) is 6.78. The number of hydrogen-bond donors (Lipinski definition) is 2. The van der Waals surface area contributed by atoms with E-state index in [-0.39, 0.29) is 6.03 Å². The predicted molar refractivity (Wildman–Crippen MR) is 85.0 cm³/mol. The van der Waals surface area contributed by atoms with Gasteiger partial charge in [-0.2, -0.15) is 0 Å². The van der Waals surface area contributed by atoms with Crippen LogP contribution in [0.5, 0.6) is 0 Å². The van der Waals surface area contributed by atoms with Crippen LogP contribution in [0, 0.1) is 5.92 Å². The summed E-state index contributed by atoms with van der Waals surface area (Å²) in [5.41, 5.74) is 0.915. The Morgan fingerprint density at radius 2 is 2.35 bits per heavy atom. The number of nitrogens with zero attached hydrogens (tertiary/aromatic N) is 4. The number of imidazole rings is 1. The Morgan fingerprint density at radius 1 is 1.52 bits per heavy atom. The van der Waals surface area contributed by atoms with E-state index in [1.54, 1.807) is 25.8 Å². The van der Waals surface area contributed by atoms with E-state index in [0.717, 1.165) is 24.2 Å². The first-order valence-electron chi connectivity index (χ1n) is 7.74. The van der Waals surface area contributed by atoms with Crippen LogP contribution >= 0.6 is 0 Å². The standard InChI is InChI=1S/C16H21N5O2/c1-20(10-14(22)13-3-4-13)16(23)19-9-12-2-5-15(18-8-12)21-7-6-17-11-21/h2,5-8,11,13-14,22H,3-4,9-10H2,1H3,(H,19,23). The largest absolute Gasteiger partial charge is 0.391 e. The van der Waals surface area contributed by atoms with Gasteiger partial charge < -0.3 is 15.3 Å². The van der Waals surface area contributed by atoms with Gasteiger partial charge in [0, 0.05) is 38.7 Å². The monoisotopic (exact) mass is 315 g/mol. The number of carbonyl (C=O) groups is 1. The number of likely N-dealkylation sites (N-methyl/N-ethyl adjacent to an activating group) is 1. The summed E-state index contributed by atoms with van der Waals surface area (Å²) < 4.78 is 1.81. The summed E-state index contributed by atoms with van der Waals surface area (Å²) in [6.45, 7) is 0.772. The van der Waals surface area contributed by atoms with Crippen molar-refractivity contribution in [2.24, 2.45) is 5.92 Å². The molecule has 3 rings (SSSR count). The molecule has 1 atom stereocenters. The van der Waals surface area contributed by atoms with Crippen molar-refractivity contribution in [3.63, 3.8) is 0 Å². The number of rotatable bonds is 6. The molecule has 1 aliphatic rings. The van der Waals surface area contributed by atoms with Gasteiger partial charge >= 0.3 is 6.03 Å². The molecule has 2 heterocycles. The molecule has 0 radical (unpaired) electrons. The number of pyridine rings is 1. The van der Waals surface area contributed by atoms with Crippen LogP contribution in [0.4, 0.5) is 4.79 Å². The molecule has 1 unspecified atom stereocenters. The third kappa shape index (κ3) is 4.07. The summed E-state index contributed by atoms with van der Waals surface area (Å²) >= 11 is 0. The summed E-state index contributed by atoms with van der Waals surface area (Å²) in [6, 6.07) is 3.61. The average molecular weight is 315 g/mol. The van der Waals surface area contributed by atoms with E-state index in [4.69, 9.17) is 0 Å². The smallest absolute Gasteiger partial charge is 0.317 e. The van der Waals surface area contributed by atoms with Gasteiger partial charge in [-0.1, -0.05) is 6.07 Å². The number of aromatic nitrogens is 3. The van der Waals surface area contributed by atoms with Crippen molar-refractivity contribution in [2.75, 3.05) is 13.6 Å². The van der Waals surface area contributed by atoms with Gasteiger partial charge in [0.15, 0.2) is 0 Å². The second-order valence-corrected chi connectivity index (χ2v) is 5.94. The van der Waals surface area contributed by atoms with Gasteiger partial charge in [0.1, 0.15) is 12.1 Å². The number of amides is 2. The summed E-state index contributed by atoms with van der Waals surface area (Å²) in [5.74, 6) is 1.15. The van der Waals surface area contributed by atoms with Gasteiger partial charge in [0.05, 0.1) is 6.10 Å². The maximum Gasteiger partial charge on any atom is 0.317 e. The van der Waals surface area contributed by atoms with Gasteiger partial charge in [-0.3, -0.25) is 4.57 Å². The van der Waals surface area contributed by atoms with E-state index in [9.17, 15) is 9.90 Å². The third-order valence-electron chi connectivity index (χ3n) is 4.00. The first-order chi connectivity index (χ1) is 11.1. The van der Waals surface area contributed by atoms with Crippen molar-refractivity contribution in [2.45, 2.75) is 25.5 Å². The highest BCUT2D eigenvalue weighted by atomic mass is 16.3. The number of aliphatic hydroxyl groups excluding tert-OH is 1. The molecule has 1 fully saturated rings. The fourth-order valence-corrected chi connectivity index (χ4v) is 2.37. The molecule has 7 nitrogen and oxygen atoms in total. The Labute approximate surface area is 135 Å². The molecule has 0 aromatic carbocycles. The molecule has 2 N–H and O–H groups in total. The molecule has 2 aromatic rings. The fraction of sp³-hybridized carbons (Fsp3) is 0.438. The quantitative estimate of drug-likeness (QED) is 0.838. The van der Waals surface area contributed by atoms with Gasteiger partial charge in [-0.05, 0) is 30.4 Å². The summed E-state index contributed by atoms with van der Waals surface area (Å²) in [4.78, 5) is 21.9. The topological polar surface area (TPSA) is 83.3 Å². The predicted octanol–water partition coefficient (Wildman–Crippen LogP) is 1.18. The first-order valence-corrected chi connectivity index (χ1v) is 7.74. The molecule has 0 aliphatic heterocycles. The minimum atomic E-state index is -0.415. The Balaban J connectivity index is 1.48. The van der Waals surface area contributed by atoms with Crippen LogP contribution in [0.15, 0.2) is 37.1 Å². The van der Waals surface area contributed by atoms with E-state index in [0.29, 0.717) is 19.0 Å². The number of nitrogens with one attached hydrogen (secondary N) is 1. The van der Waals surface area contributed by atoms with Gasteiger partial charge in [-0.15, -0.1) is 0 Å². The van der Waals surface area contributed by atoms with E-state index in [2.05, 4.69) is 15.3 Å². The van der Waals surface area contributed by atoms with Crippen LogP contribution in [0.2, 0.25) is 0 Å². The normalized spacial score (nSPS) is 15.2. The molecular formula is C16H21N5O2. The molecule has 122 valence electrons. The van der Waals surface area contributed by atoms with E-state index < -0.39 is 6.10 Å². The van der Waals surface area contributed by atoms with Crippen molar-refractivity contribution < 1.29 is 9.90 Å². The lowest BCUT2D eigenvalue weighted by Crippen LogP contribution is -2.41. The van der Waals surface area contributed by atoms with Crippen LogP contribution in [0.25, 0.3) is 5.82 Å². The van der Waals surface area contributed by atoms with Gasteiger partial charge in [0.25, 0.3) is 0 Å². The third-order valence-corrected chi connectivity index (χ3v) is 4.00. The van der Waals surface area contributed by atoms with E-state index in [1.165, 1.54) is 4.90 Å². The minimum absolute atomic E-state index is 0.191. The number of carbonyl (C=O) groups excluding carboxylic acids is 1. The van der Waals surface area contributed by atoms with Crippen LogP contribution in [-0.2, 0) is 6.54 Å². The maximum atomic E-state index is 12.0. The average Bonchev–Trinajstić information content (AvgIpc) is 3.28. The van der Waals surface area contributed by atoms with Crippen LogP contribution in [0.3, 0.4) is 0 Å². The fourth-order valence-electron chi connectivity index (χ4n) is 2.37. The van der Waals surface area contributed by atoms with Crippen molar-refractivity contribution >= 4 is 6.03 Å². The van der Waals surface area contributed by atoms with E-state index >= 15 is 0 Å². The first kappa shape index (κ1) is 15.5. The van der Waals surface area contributed by atoms with Crippen LogP contribution in [-0.4, -0.2) is 50.3 Å². The molecule has 1 aliphatic carbocycles. The Hall–Kier alpha value is -2.41. The van der Waals surface area contributed by atoms with Crippen molar-refractivity contribution in [3.8, 4) is 5.82 Å². The van der Waals surface area contributed by atoms with Crippen LogP contribution in [0.1, 0.15) is 18.4 Å². The molecule has 23 heavy (non-hydrogen) atoms. The number of urea groups is 1. The lowest BCUT2D eigenvalue weighted by Gasteiger charge is -2.21. The zero-order chi connectivity index (χ0) is 16.2. The SMILES string of the molecule is CN(CC(O)C1CC1)C(=O)NCc1ccc(-n2ccnc2)nc1. The van der Waals surface area contributed by atoms with Gasteiger partial charge in [0.2, 0.25) is 0 Å². The molecule has 0 saturated heterocycles. The van der Waals surface area contributed by atoms with Gasteiger partial charge in [-0.25, -0.2) is 14.8 Å². The lowest BCUT2D eigenvalue weighted by molar-refractivity contribution is 0.113. The van der Waals surface area contributed by atoms with Crippen LogP contribution < -0.4 is 5.32 Å². The summed E-state index contributed by atoms with van der Waals surface area (Å²) in [7, 11) is 1.70. The zero-order valence-corrected chi connectivity index (χ0v) is 13.1. The summed E-state index contributed by atoms with van der Waals surface area (Å²) in [5, 5.41) is 12.7. The highest BCUT2D eigenvalue weighted by molar-refractivity contribution is 5.73. The Morgan fingerprint density at radius 3 is 2.96 bits per heavy atom. The number of hydrogen-bond acceptors (Lipinski definition) is 4. The van der Waals surface area contributed by atoms with Crippen molar-refractivity contribution in [1.82, 2.24) is 24.8 Å². The lowest BCUT2D eigenvalue weighted by atomic mass is 10.2. The molecule has 0 spiro atoms. The maximum absolute atomic E-state index is 12.0. The minimum Gasteiger partial charge on any atom is -0.391 e. The Bertz CT molecular complexity index is 637. The summed E-state index contributed by atoms with van der Waals surface area (Å²) in [6.07, 6.45) is 8.64. The molecular weight excluding hydrogens is 294 g/mol. The molecule has 2 amide bonds. The van der Waals surface area contributed by atoms with Crippen molar-refractivity contribution in [3.05, 3.63) is 42.6 Å². The molecule has 0 bridgehead atoms. The zero-order valence-electron chi connectivity index (χ0n) is 13.1. The molecule has 1 saturated carbocycles. The Kier molecular flexibility index (Phi) is 4.57. The van der Waals surface area contributed by atoms with E-state index in [1.807, 2.05) is 22.9 Å². The molecule has 7 heteroatoms.